The Kier molecular flexibility index (Phi) is 4.06. The number of anilines is 1. The zero-order chi connectivity index (χ0) is 21.2. The van der Waals surface area contributed by atoms with Crippen LogP contribution in [0.15, 0.2) is 48.5 Å². The maximum atomic E-state index is 13.5. The largest absolute Gasteiger partial charge is 0.387 e. The molecule has 2 saturated heterocycles. The van der Waals surface area contributed by atoms with Gasteiger partial charge in [-0.2, -0.15) is 0 Å². The van der Waals surface area contributed by atoms with Crippen LogP contribution in [0, 0.1) is 17.7 Å². The van der Waals surface area contributed by atoms with Crippen molar-refractivity contribution < 1.29 is 29.2 Å². The third-order valence-electron chi connectivity index (χ3n) is 6.61. The van der Waals surface area contributed by atoms with Gasteiger partial charge in [0.05, 0.1) is 12.2 Å². The normalized spacial score (nSPS) is 30.6. The van der Waals surface area contributed by atoms with Gasteiger partial charge >= 0.3 is 0 Å². The standard InChI is InChI=1S/C22H20FN3O4/c1-11(27)18-16-17(22(25-18)14-4-2-3-5-15(14)24-21(22)30)20(29)26(19(16)28)10-12-6-8-13(23)9-7-12/h2-9,11,16-18,25,27H,10H2,1H3,(H,24,30)/p+1/t11-,16-,17-,18-,22-/m0/s1. The first-order chi connectivity index (χ1) is 14.3. The monoisotopic (exact) mass is 410 g/mol. The van der Waals surface area contributed by atoms with Crippen molar-refractivity contribution in [3.63, 3.8) is 0 Å². The summed E-state index contributed by atoms with van der Waals surface area (Å²) in [6.45, 7) is 1.56. The summed E-state index contributed by atoms with van der Waals surface area (Å²) in [5.41, 5.74) is 0.576. The summed E-state index contributed by atoms with van der Waals surface area (Å²) in [7, 11) is 0. The van der Waals surface area contributed by atoms with Gasteiger partial charge in [0.1, 0.15) is 29.8 Å². The molecule has 5 rings (SSSR count). The lowest BCUT2D eigenvalue weighted by Gasteiger charge is -2.27. The van der Waals surface area contributed by atoms with Gasteiger partial charge in [-0.15, -0.1) is 0 Å². The molecule has 3 heterocycles. The Bertz CT molecular complexity index is 1070. The van der Waals surface area contributed by atoms with Crippen molar-refractivity contribution in [2.75, 3.05) is 5.32 Å². The summed E-state index contributed by atoms with van der Waals surface area (Å²) >= 11 is 0. The van der Waals surface area contributed by atoms with E-state index >= 15 is 0 Å². The highest BCUT2D eigenvalue weighted by atomic mass is 19.1. The highest BCUT2D eigenvalue weighted by Gasteiger charge is 2.74. The minimum Gasteiger partial charge on any atom is -0.387 e. The zero-order valence-electron chi connectivity index (χ0n) is 16.2. The summed E-state index contributed by atoms with van der Waals surface area (Å²) in [5.74, 6) is -3.36. The van der Waals surface area contributed by atoms with Gasteiger partial charge in [-0.3, -0.25) is 19.3 Å². The van der Waals surface area contributed by atoms with Crippen molar-refractivity contribution in [2.45, 2.75) is 31.2 Å². The van der Waals surface area contributed by atoms with Gasteiger partial charge in [-0.25, -0.2) is 4.39 Å². The van der Waals surface area contributed by atoms with E-state index in [-0.39, 0.29) is 12.5 Å². The summed E-state index contributed by atoms with van der Waals surface area (Å²) in [5, 5.41) is 14.9. The van der Waals surface area contributed by atoms with E-state index in [2.05, 4.69) is 5.32 Å². The van der Waals surface area contributed by atoms with Gasteiger partial charge < -0.3 is 15.7 Å². The number of quaternary nitrogens is 1. The van der Waals surface area contributed by atoms with E-state index < -0.39 is 47.2 Å². The third-order valence-corrected chi connectivity index (χ3v) is 6.61. The summed E-state index contributed by atoms with van der Waals surface area (Å²) in [6, 6.07) is 12.1. The van der Waals surface area contributed by atoms with Gasteiger partial charge in [-0.1, -0.05) is 30.3 Å². The molecular weight excluding hydrogens is 389 g/mol. The molecular formula is C22H21FN3O4+. The molecule has 0 unspecified atom stereocenters. The molecule has 5 atom stereocenters. The number of aliphatic hydroxyl groups excluding tert-OH is 1. The van der Waals surface area contributed by atoms with Gasteiger partial charge in [0.25, 0.3) is 5.91 Å². The maximum absolute atomic E-state index is 13.5. The van der Waals surface area contributed by atoms with E-state index in [1.54, 1.807) is 36.5 Å². The van der Waals surface area contributed by atoms with Crippen molar-refractivity contribution in [1.29, 1.82) is 0 Å². The number of halogens is 1. The molecule has 154 valence electrons. The van der Waals surface area contributed by atoms with E-state index in [1.807, 2.05) is 0 Å². The molecule has 2 fully saturated rings. The van der Waals surface area contributed by atoms with Gasteiger partial charge in [0.2, 0.25) is 17.4 Å². The molecule has 0 aliphatic carbocycles. The number of carbonyl (C=O) groups excluding carboxylic acids is 3. The number of para-hydroxylation sites is 1. The Morgan fingerprint density at radius 3 is 2.53 bits per heavy atom. The molecule has 3 amide bonds. The first-order valence-corrected chi connectivity index (χ1v) is 9.89. The van der Waals surface area contributed by atoms with E-state index in [0.717, 1.165) is 4.90 Å². The number of benzene rings is 2. The van der Waals surface area contributed by atoms with Crippen molar-refractivity contribution >= 4 is 23.4 Å². The van der Waals surface area contributed by atoms with Crippen LogP contribution in [0.4, 0.5) is 10.1 Å². The van der Waals surface area contributed by atoms with E-state index in [0.29, 0.717) is 16.8 Å². The Labute approximate surface area is 171 Å². The smallest absolute Gasteiger partial charge is 0.291 e. The number of fused-ring (bicyclic) bond motifs is 4. The first-order valence-electron chi connectivity index (χ1n) is 9.89. The molecule has 8 heteroatoms. The molecule has 7 nitrogen and oxygen atoms in total. The van der Waals surface area contributed by atoms with Crippen LogP contribution >= 0.6 is 0 Å². The van der Waals surface area contributed by atoms with Crippen molar-refractivity contribution in [3.05, 3.63) is 65.5 Å². The van der Waals surface area contributed by atoms with Crippen LogP contribution in [0.5, 0.6) is 0 Å². The summed E-state index contributed by atoms with van der Waals surface area (Å²) in [6.07, 6.45) is -0.903. The predicted molar refractivity (Wildman–Crippen MR) is 103 cm³/mol. The number of likely N-dealkylation sites (tertiary alicyclic amines) is 1. The average Bonchev–Trinajstić information content (AvgIpc) is 3.31. The van der Waals surface area contributed by atoms with E-state index in [1.165, 1.54) is 24.3 Å². The number of imide groups is 1. The number of nitrogens with two attached hydrogens (primary N) is 1. The first kappa shape index (κ1) is 18.9. The van der Waals surface area contributed by atoms with Crippen molar-refractivity contribution in [2.24, 2.45) is 11.8 Å². The average molecular weight is 410 g/mol. The number of nitrogens with one attached hydrogen (secondary N) is 1. The predicted octanol–water partition coefficient (Wildman–Crippen LogP) is 0.101. The fraction of sp³-hybridized carbons (Fsp3) is 0.318. The number of rotatable bonds is 3. The highest BCUT2D eigenvalue weighted by Crippen LogP contribution is 2.49. The minimum atomic E-state index is -1.30. The Morgan fingerprint density at radius 2 is 1.83 bits per heavy atom. The van der Waals surface area contributed by atoms with Gasteiger partial charge in [0.15, 0.2) is 0 Å². The number of nitrogens with zero attached hydrogens (tertiary/aromatic N) is 1. The second-order valence-corrected chi connectivity index (χ2v) is 8.25. The fourth-order valence-electron chi connectivity index (χ4n) is 5.27. The molecule has 0 saturated carbocycles. The molecule has 0 bridgehead atoms. The summed E-state index contributed by atoms with van der Waals surface area (Å²) < 4.78 is 13.2. The van der Waals surface area contributed by atoms with Crippen LogP contribution in [-0.2, 0) is 26.5 Å². The van der Waals surface area contributed by atoms with E-state index in [4.69, 9.17) is 0 Å². The number of carbonyl (C=O) groups is 3. The number of amides is 3. The maximum Gasteiger partial charge on any atom is 0.291 e. The molecule has 2 aromatic carbocycles. The Morgan fingerprint density at radius 1 is 1.13 bits per heavy atom. The Hall–Kier alpha value is -3.10. The van der Waals surface area contributed by atoms with Crippen LogP contribution in [-0.4, -0.2) is 39.9 Å². The molecule has 3 aliphatic heterocycles. The minimum absolute atomic E-state index is 0.00315. The second kappa shape index (κ2) is 6.45. The van der Waals surface area contributed by atoms with Gasteiger partial charge in [0, 0.05) is 5.56 Å². The lowest BCUT2D eigenvalue weighted by atomic mass is 9.76. The lowest BCUT2D eigenvalue weighted by molar-refractivity contribution is -0.738. The van der Waals surface area contributed by atoms with Crippen LogP contribution in [0.25, 0.3) is 0 Å². The van der Waals surface area contributed by atoms with Gasteiger partial charge in [-0.05, 0) is 30.7 Å². The third kappa shape index (κ3) is 2.41. The quantitative estimate of drug-likeness (QED) is 0.625. The number of hydrogen-bond donors (Lipinski definition) is 3. The van der Waals surface area contributed by atoms with Crippen molar-refractivity contribution in [1.82, 2.24) is 4.90 Å². The summed E-state index contributed by atoms with van der Waals surface area (Å²) in [4.78, 5) is 41.1. The van der Waals surface area contributed by atoms with Crippen LogP contribution in [0.2, 0.25) is 0 Å². The molecule has 30 heavy (non-hydrogen) atoms. The lowest BCUT2D eigenvalue weighted by Crippen LogP contribution is -3.00. The molecule has 0 aromatic heterocycles. The Balaban J connectivity index is 1.59. The number of hydrogen-bond acceptors (Lipinski definition) is 4. The molecule has 1 spiro atoms. The number of aliphatic hydroxyl groups is 1. The van der Waals surface area contributed by atoms with Crippen LogP contribution in [0.3, 0.4) is 0 Å². The topological polar surface area (TPSA) is 103 Å². The van der Waals surface area contributed by atoms with Crippen molar-refractivity contribution in [3.8, 4) is 0 Å². The van der Waals surface area contributed by atoms with E-state index in [9.17, 15) is 23.9 Å². The fourth-order valence-corrected chi connectivity index (χ4v) is 5.27. The van der Waals surface area contributed by atoms with Crippen LogP contribution < -0.4 is 10.6 Å². The molecule has 3 aliphatic rings. The molecule has 4 N–H and O–H groups in total. The molecule has 2 aromatic rings. The van der Waals surface area contributed by atoms with Crippen LogP contribution in [0.1, 0.15) is 18.1 Å². The SMILES string of the molecule is C[C@H](O)[C@@H]1[NH2+][C@]2(C(=O)Nc3ccccc32)[C@@H]2C(=O)N(Cc3ccc(F)cc3)C(=O)[C@H]12. The highest BCUT2D eigenvalue weighted by molar-refractivity contribution is 6.13. The zero-order valence-corrected chi connectivity index (χ0v) is 16.2. The molecule has 0 radical (unpaired) electrons. The second-order valence-electron chi connectivity index (χ2n) is 8.25.